The Labute approximate surface area is 123 Å². The van der Waals surface area contributed by atoms with E-state index in [9.17, 15) is 4.39 Å². The lowest BCUT2D eigenvalue weighted by Gasteiger charge is -2.39. The molecule has 1 unspecified atom stereocenters. The lowest BCUT2D eigenvalue weighted by atomic mass is 9.83. The maximum Gasteiger partial charge on any atom is 0.142 e. The van der Waals surface area contributed by atoms with Gasteiger partial charge in [0, 0.05) is 12.7 Å². The molecule has 108 valence electrons. The summed E-state index contributed by atoms with van der Waals surface area (Å²) in [7, 11) is 1.70. The molecule has 0 aliphatic rings. The molecule has 1 atom stereocenters. The lowest BCUT2D eigenvalue weighted by molar-refractivity contribution is -0.0490. The van der Waals surface area contributed by atoms with Crippen LogP contribution in [0.15, 0.2) is 22.7 Å². The number of halogens is 2. The molecular formula is C15H23BrFNO. The third-order valence-electron chi connectivity index (χ3n) is 3.83. The molecule has 0 aromatic heterocycles. The van der Waals surface area contributed by atoms with E-state index in [0.717, 1.165) is 19.4 Å². The van der Waals surface area contributed by atoms with E-state index in [4.69, 9.17) is 4.74 Å². The molecule has 1 aromatic rings. The number of ether oxygens (including phenoxy) is 1. The summed E-state index contributed by atoms with van der Waals surface area (Å²) < 4.78 is 20.6. The summed E-state index contributed by atoms with van der Waals surface area (Å²) in [5.41, 5.74) is 0.263. The zero-order valence-corrected chi connectivity index (χ0v) is 13.7. The van der Waals surface area contributed by atoms with Crippen molar-refractivity contribution in [3.05, 3.63) is 34.1 Å². The van der Waals surface area contributed by atoms with Crippen LogP contribution in [0.5, 0.6) is 0 Å². The highest BCUT2D eigenvalue weighted by Crippen LogP contribution is 2.37. The van der Waals surface area contributed by atoms with Crippen molar-refractivity contribution < 1.29 is 9.13 Å². The summed E-state index contributed by atoms with van der Waals surface area (Å²) in [6.45, 7) is 6.94. The monoisotopic (exact) mass is 331 g/mol. The first kappa shape index (κ1) is 16.6. The molecule has 0 spiro atoms. The molecule has 0 aliphatic carbocycles. The van der Waals surface area contributed by atoms with Crippen LogP contribution in [0.3, 0.4) is 0 Å². The number of hydrogen-bond acceptors (Lipinski definition) is 2. The number of hydrogen-bond donors (Lipinski definition) is 1. The Balaban J connectivity index is 3.30. The largest absolute Gasteiger partial charge is 0.376 e. The fourth-order valence-electron chi connectivity index (χ4n) is 2.59. The predicted octanol–water partition coefficient (Wildman–Crippen LogP) is 4.44. The first-order valence-corrected chi connectivity index (χ1v) is 7.58. The average Bonchev–Trinajstić information content (AvgIpc) is 2.43. The number of nitrogens with one attached hydrogen (secondary N) is 1. The number of rotatable bonds is 7. The molecule has 0 saturated carbocycles. The van der Waals surface area contributed by atoms with Crippen LogP contribution in [0.25, 0.3) is 0 Å². The highest BCUT2D eigenvalue weighted by atomic mass is 79.9. The van der Waals surface area contributed by atoms with E-state index in [1.165, 1.54) is 0 Å². The Morgan fingerprint density at radius 3 is 2.42 bits per heavy atom. The molecule has 0 bridgehead atoms. The van der Waals surface area contributed by atoms with E-state index >= 15 is 0 Å². The third-order valence-corrected chi connectivity index (χ3v) is 4.44. The van der Waals surface area contributed by atoms with Crippen LogP contribution in [0.4, 0.5) is 4.39 Å². The fraction of sp³-hybridized carbons (Fsp3) is 0.600. The quantitative estimate of drug-likeness (QED) is 0.797. The lowest BCUT2D eigenvalue weighted by Crippen LogP contribution is -2.45. The van der Waals surface area contributed by atoms with Gasteiger partial charge in [-0.3, -0.25) is 0 Å². The molecule has 1 aromatic carbocycles. The Morgan fingerprint density at radius 1 is 1.32 bits per heavy atom. The van der Waals surface area contributed by atoms with Gasteiger partial charge in [0.15, 0.2) is 0 Å². The van der Waals surface area contributed by atoms with E-state index in [1.54, 1.807) is 13.2 Å². The normalized spacial score (nSPS) is 13.6. The minimum Gasteiger partial charge on any atom is -0.376 e. The second-order valence-corrected chi connectivity index (χ2v) is 5.46. The van der Waals surface area contributed by atoms with Gasteiger partial charge in [-0.1, -0.05) is 32.9 Å². The molecule has 0 fully saturated rings. The SMILES string of the molecule is CCNC(c1cccc(Br)c1F)C(CC)(CC)OC. The van der Waals surface area contributed by atoms with Gasteiger partial charge in [-0.25, -0.2) is 4.39 Å². The van der Waals surface area contributed by atoms with Gasteiger partial charge in [0.25, 0.3) is 0 Å². The summed E-state index contributed by atoms with van der Waals surface area (Å²) in [6.07, 6.45) is 1.65. The van der Waals surface area contributed by atoms with Gasteiger partial charge in [-0.05, 0) is 41.4 Å². The molecule has 0 saturated heterocycles. The smallest absolute Gasteiger partial charge is 0.142 e. The van der Waals surface area contributed by atoms with Crippen LogP contribution in [-0.4, -0.2) is 19.3 Å². The van der Waals surface area contributed by atoms with Gasteiger partial charge in [0.05, 0.1) is 16.1 Å². The van der Waals surface area contributed by atoms with Crippen molar-refractivity contribution in [2.24, 2.45) is 0 Å². The summed E-state index contributed by atoms with van der Waals surface area (Å²) in [5.74, 6) is -0.211. The van der Waals surface area contributed by atoms with Gasteiger partial charge < -0.3 is 10.1 Å². The van der Waals surface area contributed by atoms with E-state index in [2.05, 4.69) is 35.1 Å². The minimum atomic E-state index is -0.391. The fourth-order valence-corrected chi connectivity index (χ4v) is 2.97. The predicted molar refractivity (Wildman–Crippen MR) is 80.8 cm³/mol. The molecule has 4 heteroatoms. The first-order chi connectivity index (χ1) is 9.06. The van der Waals surface area contributed by atoms with Gasteiger partial charge in [0.2, 0.25) is 0 Å². The van der Waals surface area contributed by atoms with Crippen LogP contribution in [0.2, 0.25) is 0 Å². The summed E-state index contributed by atoms with van der Waals surface area (Å²) >= 11 is 3.25. The van der Waals surface area contributed by atoms with Gasteiger partial charge in [0.1, 0.15) is 5.82 Å². The van der Waals surface area contributed by atoms with E-state index in [-0.39, 0.29) is 11.9 Å². The molecule has 1 rings (SSSR count). The van der Waals surface area contributed by atoms with E-state index in [0.29, 0.717) is 10.0 Å². The topological polar surface area (TPSA) is 21.3 Å². The standard InChI is InChI=1S/C15H23BrFNO/c1-5-15(6-2,19-4)14(18-7-3)11-9-8-10-12(16)13(11)17/h8-10,14,18H,5-7H2,1-4H3. The average molecular weight is 332 g/mol. The Hall–Kier alpha value is -0.450. The molecule has 0 amide bonds. The molecule has 0 heterocycles. The Morgan fingerprint density at radius 2 is 1.95 bits per heavy atom. The molecule has 2 nitrogen and oxygen atoms in total. The van der Waals surface area contributed by atoms with Gasteiger partial charge in [-0.15, -0.1) is 0 Å². The van der Waals surface area contributed by atoms with Crippen LogP contribution < -0.4 is 5.32 Å². The van der Waals surface area contributed by atoms with Gasteiger partial charge in [-0.2, -0.15) is 0 Å². The van der Waals surface area contributed by atoms with Crippen molar-refractivity contribution in [3.8, 4) is 0 Å². The zero-order chi connectivity index (χ0) is 14.5. The summed E-state index contributed by atoms with van der Waals surface area (Å²) in [5, 5.41) is 3.37. The molecule has 1 N–H and O–H groups in total. The van der Waals surface area contributed by atoms with E-state index < -0.39 is 5.60 Å². The molecular weight excluding hydrogens is 309 g/mol. The third kappa shape index (κ3) is 3.36. The molecule has 19 heavy (non-hydrogen) atoms. The first-order valence-electron chi connectivity index (χ1n) is 6.78. The summed E-state index contributed by atoms with van der Waals surface area (Å²) in [6, 6.07) is 5.24. The van der Waals surface area contributed by atoms with Crippen molar-refractivity contribution in [1.29, 1.82) is 0 Å². The second-order valence-electron chi connectivity index (χ2n) is 4.61. The highest BCUT2D eigenvalue weighted by molar-refractivity contribution is 9.10. The molecule has 0 radical (unpaired) electrons. The number of likely N-dealkylation sites (N-methyl/N-ethyl adjacent to an activating group) is 1. The second kappa shape index (κ2) is 7.36. The van der Waals surface area contributed by atoms with E-state index in [1.807, 2.05) is 19.1 Å². The van der Waals surface area contributed by atoms with Crippen LogP contribution in [0.1, 0.15) is 45.2 Å². The van der Waals surface area contributed by atoms with Crippen molar-refractivity contribution in [3.63, 3.8) is 0 Å². The number of benzene rings is 1. The summed E-state index contributed by atoms with van der Waals surface area (Å²) in [4.78, 5) is 0. The van der Waals surface area contributed by atoms with Crippen molar-refractivity contribution in [2.75, 3.05) is 13.7 Å². The van der Waals surface area contributed by atoms with Crippen molar-refractivity contribution in [1.82, 2.24) is 5.32 Å². The van der Waals surface area contributed by atoms with Crippen molar-refractivity contribution in [2.45, 2.75) is 45.3 Å². The maximum absolute atomic E-state index is 14.4. The Kier molecular flexibility index (Phi) is 6.43. The van der Waals surface area contributed by atoms with Crippen LogP contribution >= 0.6 is 15.9 Å². The minimum absolute atomic E-state index is 0.157. The maximum atomic E-state index is 14.4. The number of methoxy groups -OCH3 is 1. The zero-order valence-electron chi connectivity index (χ0n) is 12.1. The Bertz CT molecular complexity index is 399. The van der Waals surface area contributed by atoms with Crippen LogP contribution in [-0.2, 0) is 4.74 Å². The van der Waals surface area contributed by atoms with Crippen molar-refractivity contribution >= 4 is 15.9 Å². The molecule has 0 aliphatic heterocycles. The van der Waals surface area contributed by atoms with Crippen LogP contribution in [0, 0.1) is 5.82 Å². The highest BCUT2D eigenvalue weighted by Gasteiger charge is 2.38. The van der Waals surface area contributed by atoms with Gasteiger partial charge >= 0.3 is 0 Å².